The Morgan fingerprint density at radius 2 is 1.95 bits per heavy atom. The smallest absolute Gasteiger partial charge is 0.253 e. The second kappa shape index (κ2) is 5.21. The van der Waals surface area contributed by atoms with Crippen LogP contribution in [-0.4, -0.2) is 40.7 Å². The number of carbonyl (C=O) groups is 1. The lowest BCUT2D eigenvalue weighted by Crippen LogP contribution is -2.29. The molecule has 0 bridgehead atoms. The summed E-state index contributed by atoms with van der Waals surface area (Å²) in [6, 6.07) is 7.16. The van der Waals surface area contributed by atoms with Crippen LogP contribution in [0.4, 0.5) is 0 Å². The third kappa shape index (κ3) is 3.70. The third-order valence-electron chi connectivity index (χ3n) is 2.98. The van der Waals surface area contributed by atoms with E-state index in [0.29, 0.717) is 25.1 Å². The van der Waals surface area contributed by atoms with Gasteiger partial charge in [0.15, 0.2) is 0 Å². The number of aliphatic hydroxyl groups is 1. The molecule has 0 aromatic heterocycles. The number of hydrogen-bond donors (Lipinski definition) is 1. The molecule has 0 radical (unpaired) electrons. The average molecular weight is 263 g/mol. The van der Waals surface area contributed by atoms with E-state index in [1.807, 2.05) is 32.9 Å². The molecule has 1 aromatic rings. The summed E-state index contributed by atoms with van der Waals surface area (Å²) in [6.07, 6.45) is 0.282. The molecule has 0 unspecified atom stereocenters. The van der Waals surface area contributed by atoms with Crippen LogP contribution < -0.4 is 4.74 Å². The summed E-state index contributed by atoms with van der Waals surface area (Å²) in [6.45, 7) is 7.01. The van der Waals surface area contributed by atoms with Crippen LogP contribution in [0.15, 0.2) is 24.3 Å². The van der Waals surface area contributed by atoms with Crippen molar-refractivity contribution in [2.45, 2.75) is 38.9 Å². The summed E-state index contributed by atoms with van der Waals surface area (Å²) >= 11 is 0. The van der Waals surface area contributed by atoms with Crippen LogP contribution >= 0.6 is 0 Å². The molecule has 19 heavy (non-hydrogen) atoms. The van der Waals surface area contributed by atoms with E-state index in [2.05, 4.69) is 0 Å². The Kier molecular flexibility index (Phi) is 3.80. The highest BCUT2D eigenvalue weighted by molar-refractivity contribution is 5.94. The highest BCUT2D eigenvalue weighted by atomic mass is 16.5. The normalized spacial score (nSPS) is 19.6. The predicted octanol–water partition coefficient (Wildman–Crippen LogP) is 2.07. The molecule has 1 atom stereocenters. The fraction of sp³-hybridized carbons (Fsp3) is 0.533. The van der Waals surface area contributed by atoms with Crippen LogP contribution in [0.25, 0.3) is 0 Å². The fourth-order valence-corrected chi connectivity index (χ4v) is 2.13. The molecule has 0 saturated carbocycles. The molecule has 1 aromatic carbocycles. The summed E-state index contributed by atoms with van der Waals surface area (Å²) < 4.78 is 5.71. The molecule has 1 heterocycles. The number of benzene rings is 1. The minimum absolute atomic E-state index is 0.0288. The molecule has 1 fully saturated rings. The van der Waals surface area contributed by atoms with Gasteiger partial charge in [-0.05, 0) is 51.5 Å². The number of ether oxygens (including phenoxy) is 1. The maximum atomic E-state index is 12.2. The van der Waals surface area contributed by atoms with Crippen LogP contribution in [0.2, 0.25) is 0 Å². The number of aliphatic hydroxyl groups excluding tert-OH is 1. The standard InChI is InChI=1S/C15H21NO3/c1-15(2,3)19-13-6-4-11(5-7-13)14(18)16-9-8-12(17)10-16/h4-7,12,17H,8-10H2,1-3H3/t12-/m1/s1. The van der Waals surface area contributed by atoms with Gasteiger partial charge in [0.1, 0.15) is 11.4 Å². The zero-order valence-corrected chi connectivity index (χ0v) is 11.7. The second-order valence-corrected chi connectivity index (χ2v) is 5.93. The molecule has 1 aliphatic heterocycles. The van der Waals surface area contributed by atoms with Gasteiger partial charge in [0.25, 0.3) is 5.91 Å². The molecule has 1 N–H and O–H groups in total. The monoisotopic (exact) mass is 263 g/mol. The van der Waals surface area contributed by atoms with Crippen LogP contribution in [0.1, 0.15) is 37.6 Å². The van der Waals surface area contributed by atoms with Gasteiger partial charge >= 0.3 is 0 Å². The lowest BCUT2D eigenvalue weighted by atomic mass is 10.1. The molecule has 4 nitrogen and oxygen atoms in total. The SMILES string of the molecule is CC(C)(C)Oc1ccc(C(=O)N2CC[C@@H](O)C2)cc1. The number of likely N-dealkylation sites (tertiary alicyclic amines) is 1. The molecule has 4 heteroatoms. The van der Waals surface area contributed by atoms with E-state index in [1.54, 1.807) is 17.0 Å². The van der Waals surface area contributed by atoms with E-state index >= 15 is 0 Å². The highest BCUT2D eigenvalue weighted by Gasteiger charge is 2.25. The summed E-state index contributed by atoms with van der Waals surface area (Å²) in [5, 5.41) is 9.45. The predicted molar refractivity (Wildman–Crippen MR) is 73.4 cm³/mol. The molecule has 0 spiro atoms. The van der Waals surface area contributed by atoms with Gasteiger partial charge in [-0.15, -0.1) is 0 Å². The zero-order valence-electron chi connectivity index (χ0n) is 11.7. The van der Waals surface area contributed by atoms with Gasteiger partial charge in [-0.2, -0.15) is 0 Å². The van der Waals surface area contributed by atoms with Gasteiger partial charge in [0, 0.05) is 18.7 Å². The number of β-amino-alcohol motifs (C(OH)–C–C–N with tert-alkyl or cyclic N) is 1. The summed E-state index contributed by atoms with van der Waals surface area (Å²) in [7, 11) is 0. The van der Waals surface area contributed by atoms with Gasteiger partial charge in [-0.3, -0.25) is 4.79 Å². The molecular formula is C15H21NO3. The lowest BCUT2D eigenvalue weighted by Gasteiger charge is -2.21. The van der Waals surface area contributed by atoms with Crippen molar-refractivity contribution in [3.63, 3.8) is 0 Å². The van der Waals surface area contributed by atoms with Crippen LogP contribution in [0.5, 0.6) is 5.75 Å². The lowest BCUT2D eigenvalue weighted by molar-refractivity contribution is 0.0765. The van der Waals surface area contributed by atoms with Gasteiger partial charge in [-0.1, -0.05) is 0 Å². The minimum atomic E-state index is -0.382. The number of rotatable bonds is 2. The maximum absolute atomic E-state index is 12.2. The number of nitrogens with zero attached hydrogens (tertiary/aromatic N) is 1. The summed E-state index contributed by atoms with van der Waals surface area (Å²) in [5.74, 6) is 0.726. The number of carbonyl (C=O) groups excluding carboxylic acids is 1. The van der Waals surface area contributed by atoms with E-state index in [1.165, 1.54) is 0 Å². The summed E-state index contributed by atoms with van der Waals surface area (Å²) in [5.41, 5.74) is 0.389. The largest absolute Gasteiger partial charge is 0.488 e. The topological polar surface area (TPSA) is 49.8 Å². The molecule has 2 rings (SSSR count). The minimum Gasteiger partial charge on any atom is -0.488 e. The van der Waals surface area contributed by atoms with Crippen molar-refractivity contribution >= 4 is 5.91 Å². The van der Waals surface area contributed by atoms with E-state index in [0.717, 1.165) is 5.75 Å². The van der Waals surface area contributed by atoms with E-state index in [4.69, 9.17) is 4.74 Å². The molecule has 1 saturated heterocycles. The van der Waals surface area contributed by atoms with Crippen molar-refractivity contribution in [1.29, 1.82) is 0 Å². The first-order valence-corrected chi connectivity index (χ1v) is 6.61. The van der Waals surface area contributed by atoms with Gasteiger partial charge in [0.05, 0.1) is 6.10 Å². The maximum Gasteiger partial charge on any atom is 0.253 e. The second-order valence-electron chi connectivity index (χ2n) is 5.93. The third-order valence-corrected chi connectivity index (χ3v) is 2.98. The fourth-order valence-electron chi connectivity index (χ4n) is 2.13. The quantitative estimate of drug-likeness (QED) is 0.888. The first-order chi connectivity index (χ1) is 8.85. The van der Waals surface area contributed by atoms with Crippen molar-refractivity contribution in [1.82, 2.24) is 4.90 Å². The Morgan fingerprint density at radius 1 is 1.32 bits per heavy atom. The van der Waals surface area contributed by atoms with Gasteiger partial charge in [-0.25, -0.2) is 0 Å². The number of amides is 1. The van der Waals surface area contributed by atoms with E-state index in [9.17, 15) is 9.90 Å². The van der Waals surface area contributed by atoms with Crippen LogP contribution in [-0.2, 0) is 0 Å². The highest BCUT2D eigenvalue weighted by Crippen LogP contribution is 2.20. The van der Waals surface area contributed by atoms with Gasteiger partial charge in [0.2, 0.25) is 0 Å². The van der Waals surface area contributed by atoms with Crippen molar-refractivity contribution in [3.8, 4) is 5.75 Å². The average Bonchev–Trinajstić information content (AvgIpc) is 2.74. The molecule has 0 aliphatic carbocycles. The van der Waals surface area contributed by atoms with Crippen LogP contribution in [0.3, 0.4) is 0 Å². The van der Waals surface area contributed by atoms with E-state index < -0.39 is 0 Å². The zero-order chi connectivity index (χ0) is 14.0. The Hall–Kier alpha value is -1.55. The van der Waals surface area contributed by atoms with Crippen molar-refractivity contribution in [3.05, 3.63) is 29.8 Å². The Labute approximate surface area is 114 Å². The first-order valence-electron chi connectivity index (χ1n) is 6.61. The Balaban J connectivity index is 2.04. The first kappa shape index (κ1) is 13.9. The molecule has 1 aliphatic rings. The molecule has 104 valence electrons. The molecule has 1 amide bonds. The Bertz CT molecular complexity index is 447. The van der Waals surface area contributed by atoms with Crippen molar-refractivity contribution in [2.24, 2.45) is 0 Å². The van der Waals surface area contributed by atoms with Crippen LogP contribution in [0, 0.1) is 0 Å². The van der Waals surface area contributed by atoms with Crippen molar-refractivity contribution < 1.29 is 14.6 Å². The van der Waals surface area contributed by atoms with Gasteiger partial charge < -0.3 is 14.7 Å². The number of hydrogen-bond acceptors (Lipinski definition) is 3. The Morgan fingerprint density at radius 3 is 2.42 bits per heavy atom. The van der Waals surface area contributed by atoms with Crippen molar-refractivity contribution in [2.75, 3.05) is 13.1 Å². The molecular weight excluding hydrogens is 242 g/mol. The van der Waals surface area contributed by atoms with E-state index in [-0.39, 0.29) is 17.6 Å². The summed E-state index contributed by atoms with van der Waals surface area (Å²) in [4.78, 5) is 13.8.